The highest BCUT2D eigenvalue weighted by Gasteiger charge is 2.16. The fourth-order valence-corrected chi connectivity index (χ4v) is 2.23. The van der Waals surface area contributed by atoms with Crippen molar-refractivity contribution in [2.24, 2.45) is 10.7 Å². The molecule has 0 aromatic heterocycles. The molecule has 2 saturated heterocycles. The average molecular weight is 400 g/mol. The Morgan fingerprint density at radius 2 is 1.65 bits per heavy atom. The predicted molar refractivity (Wildman–Crippen MR) is 87.6 cm³/mol. The first-order valence-electron chi connectivity index (χ1n) is 6.86. The van der Waals surface area contributed by atoms with Gasteiger partial charge in [-0.05, 0) is 0 Å². The molecule has 0 aromatic rings. The highest BCUT2D eigenvalue weighted by molar-refractivity contribution is 14.0. The SMILES string of the molecule is I.NC(=NCC(O)CN1CCOCC1)N1CCOCC1. The standard InChI is InChI=1S/C12H24N4O3.HI/c13-12(16-3-7-19-8-4-16)14-9-11(17)10-15-1-5-18-6-2-15;/h11,17H,1-10H2,(H2,13,14);1H. The van der Waals surface area contributed by atoms with Gasteiger partial charge in [-0.1, -0.05) is 0 Å². The number of guanidine groups is 1. The summed E-state index contributed by atoms with van der Waals surface area (Å²) < 4.78 is 10.5. The van der Waals surface area contributed by atoms with Crippen molar-refractivity contribution < 1.29 is 14.6 Å². The van der Waals surface area contributed by atoms with Crippen molar-refractivity contribution in [1.29, 1.82) is 0 Å². The second-order valence-electron chi connectivity index (χ2n) is 4.87. The Balaban J connectivity index is 0.00000200. The minimum absolute atomic E-state index is 0. The molecule has 0 radical (unpaired) electrons. The van der Waals surface area contributed by atoms with Crippen LogP contribution >= 0.6 is 24.0 Å². The molecule has 3 N–H and O–H groups in total. The minimum Gasteiger partial charge on any atom is -0.390 e. The van der Waals surface area contributed by atoms with Crippen molar-refractivity contribution in [3.8, 4) is 0 Å². The number of nitrogens with zero attached hydrogens (tertiary/aromatic N) is 3. The van der Waals surface area contributed by atoms with E-state index in [0.29, 0.717) is 32.3 Å². The lowest BCUT2D eigenvalue weighted by Gasteiger charge is -2.29. The van der Waals surface area contributed by atoms with Crippen LogP contribution in [-0.2, 0) is 9.47 Å². The van der Waals surface area contributed by atoms with E-state index in [2.05, 4.69) is 9.89 Å². The number of aliphatic hydroxyl groups is 1. The molecule has 0 saturated carbocycles. The normalized spacial score (nSPS) is 23.2. The zero-order chi connectivity index (χ0) is 13.5. The third kappa shape index (κ3) is 6.08. The molecular formula is C12H25IN4O3. The van der Waals surface area contributed by atoms with Gasteiger partial charge >= 0.3 is 0 Å². The molecule has 0 spiro atoms. The Bertz CT molecular complexity index is 294. The molecule has 8 heteroatoms. The van der Waals surface area contributed by atoms with E-state index in [9.17, 15) is 5.11 Å². The van der Waals surface area contributed by atoms with Crippen molar-refractivity contribution in [1.82, 2.24) is 9.80 Å². The zero-order valence-corrected chi connectivity index (χ0v) is 14.1. The number of aliphatic imine (C=N–C) groups is 1. The first-order chi connectivity index (χ1) is 9.25. The Morgan fingerprint density at radius 1 is 1.10 bits per heavy atom. The van der Waals surface area contributed by atoms with Crippen LogP contribution in [0.3, 0.4) is 0 Å². The van der Waals surface area contributed by atoms with Gasteiger partial charge in [-0.3, -0.25) is 9.89 Å². The van der Waals surface area contributed by atoms with E-state index >= 15 is 0 Å². The average Bonchev–Trinajstić information content (AvgIpc) is 2.47. The van der Waals surface area contributed by atoms with Gasteiger partial charge in [0.15, 0.2) is 5.96 Å². The Hall–Kier alpha value is -0.160. The fraction of sp³-hybridized carbons (Fsp3) is 0.917. The van der Waals surface area contributed by atoms with Crippen LogP contribution in [0.4, 0.5) is 0 Å². The summed E-state index contributed by atoms with van der Waals surface area (Å²) in [4.78, 5) is 8.45. The largest absolute Gasteiger partial charge is 0.390 e. The van der Waals surface area contributed by atoms with Crippen LogP contribution < -0.4 is 5.73 Å². The Kier molecular flexibility index (Phi) is 8.69. The summed E-state index contributed by atoms with van der Waals surface area (Å²) in [6, 6.07) is 0. The maximum Gasteiger partial charge on any atom is 0.191 e. The predicted octanol–water partition coefficient (Wildman–Crippen LogP) is -1.06. The van der Waals surface area contributed by atoms with Crippen LogP contribution in [0.25, 0.3) is 0 Å². The molecule has 20 heavy (non-hydrogen) atoms. The number of rotatable bonds is 4. The van der Waals surface area contributed by atoms with Crippen LogP contribution in [0.1, 0.15) is 0 Å². The van der Waals surface area contributed by atoms with Crippen molar-refractivity contribution in [2.45, 2.75) is 6.10 Å². The van der Waals surface area contributed by atoms with E-state index in [1.165, 1.54) is 0 Å². The van der Waals surface area contributed by atoms with Crippen LogP contribution in [0.15, 0.2) is 4.99 Å². The molecule has 0 bridgehead atoms. The first-order valence-corrected chi connectivity index (χ1v) is 6.86. The summed E-state index contributed by atoms with van der Waals surface area (Å²) >= 11 is 0. The van der Waals surface area contributed by atoms with E-state index in [4.69, 9.17) is 15.2 Å². The van der Waals surface area contributed by atoms with Crippen LogP contribution in [0.2, 0.25) is 0 Å². The van der Waals surface area contributed by atoms with Gasteiger partial charge in [-0.2, -0.15) is 0 Å². The number of nitrogens with two attached hydrogens (primary N) is 1. The maximum absolute atomic E-state index is 9.96. The molecule has 0 aliphatic carbocycles. The second kappa shape index (κ2) is 9.72. The first kappa shape index (κ1) is 17.9. The van der Waals surface area contributed by atoms with Crippen LogP contribution in [0.5, 0.6) is 0 Å². The molecule has 118 valence electrons. The van der Waals surface area contributed by atoms with Crippen LogP contribution in [0, 0.1) is 0 Å². The quantitative estimate of drug-likeness (QED) is 0.356. The highest BCUT2D eigenvalue weighted by atomic mass is 127. The van der Waals surface area contributed by atoms with Crippen molar-refractivity contribution >= 4 is 29.9 Å². The number of hydrogen-bond donors (Lipinski definition) is 2. The topological polar surface area (TPSA) is 83.5 Å². The Morgan fingerprint density at radius 3 is 2.25 bits per heavy atom. The van der Waals surface area contributed by atoms with Gasteiger partial charge in [0.05, 0.1) is 39.1 Å². The number of aliphatic hydroxyl groups excluding tert-OH is 1. The molecule has 0 aromatic carbocycles. The van der Waals surface area contributed by atoms with Crippen molar-refractivity contribution in [3.05, 3.63) is 0 Å². The van der Waals surface area contributed by atoms with Gasteiger partial charge in [0.25, 0.3) is 0 Å². The third-order valence-electron chi connectivity index (χ3n) is 3.37. The second-order valence-corrected chi connectivity index (χ2v) is 4.87. The molecule has 2 aliphatic rings. The molecule has 7 nitrogen and oxygen atoms in total. The third-order valence-corrected chi connectivity index (χ3v) is 3.37. The summed E-state index contributed by atoms with van der Waals surface area (Å²) in [5.74, 6) is 0.504. The zero-order valence-electron chi connectivity index (χ0n) is 11.7. The summed E-state index contributed by atoms with van der Waals surface area (Å²) in [6.45, 7) is 7.13. The molecule has 2 aliphatic heterocycles. The highest BCUT2D eigenvalue weighted by Crippen LogP contribution is 2.00. The van der Waals surface area contributed by atoms with Crippen LogP contribution in [-0.4, -0.2) is 92.7 Å². The monoisotopic (exact) mass is 400 g/mol. The Labute approximate surface area is 137 Å². The summed E-state index contributed by atoms with van der Waals surface area (Å²) in [5, 5.41) is 9.96. The number of morpholine rings is 2. The fourth-order valence-electron chi connectivity index (χ4n) is 2.23. The smallest absolute Gasteiger partial charge is 0.191 e. The molecule has 2 fully saturated rings. The lowest BCUT2D eigenvalue weighted by atomic mass is 10.3. The molecule has 0 amide bonds. The maximum atomic E-state index is 9.96. The van der Waals surface area contributed by atoms with E-state index in [0.717, 1.165) is 39.4 Å². The lowest BCUT2D eigenvalue weighted by Crippen LogP contribution is -2.45. The van der Waals surface area contributed by atoms with Gasteiger partial charge < -0.3 is 25.2 Å². The molecule has 2 heterocycles. The van der Waals surface area contributed by atoms with E-state index in [-0.39, 0.29) is 24.0 Å². The van der Waals surface area contributed by atoms with Gasteiger partial charge in [0.1, 0.15) is 0 Å². The van der Waals surface area contributed by atoms with Gasteiger partial charge in [-0.15, -0.1) is 24.0 Å². The van der Waals surface area contributed by atoms with E-state index in [1.807, 2.05) is 4.90 Å². The van der Waals surface area contributed by atoms with Gasteiger partial charge in [0, 0.05) is 32.7 Å². The summed E-state index contributed by atoms with van der Waals surface area (Å²) in [6.07, 6.45) is -0.474. The molecule has 2 rings (SSSR count). The van der Waals surface area contributed by atoms with E-state index in [1.54, 1.807) is 0 Å². The van der Waals surface area contributed by atoms with E-state index < -0.39 is 6.10 Å². The van der Waals surface area contributed by atoms with Crippen molar-refractivity contribution in [2.75, 3.05) is 65.7 Å². The number of β-amino-alcohol motifs (C(OH)–C–C–N with tert-alkyl or cyclic N) is 1. The number of hydrogen-bond acceptors (Lipinski definition) is 5. The minimum atomic E-state index is -0.474. The summed E-state index contributed by atoms with van der Waals surface area (Å²) in [5.41, 5.74) is 5.91. The van der Waals surface area contributed by atoms with Gasteiger partial charge in [0.2, 0.25) is 0 Å². The lowest BCUT2D eigenvalue weighted by molar-refractivity contribution is 0.0164. The molecular weight excluding hydrogens is 375 g/mol. The molecule has 1 atom stereocenters. The van der Waals surface area contributed by atoms with Crippen molar-refractivity contribution in [3.63, 3.8) is 0 Å². The van der Waals surface area contributed by atoms with Gasteiger partial charge in [-0.25, -0.2) is 0 Å². The number of halogens is 1. The number of ether oxygens (including phenoxy) is 2. The summed E-state index contributed by atoms with van der Waals surface area (Å²) in [7, 11) is 0. The molecule has 1 unspecified atom stereocenters.